The number of carboxylic acids is 1. The van der Waals surface area contributed by atoms with Crippen LogP contribution in [0.2, 0.25) is 0 Å². The maximum atomic E-state index is 13.3. The molecule has 1 aliphatic rings. The van der Waals surface area contributed by atoms with Crippen LogP contribution in [0.15, 0.2) is 30.3 Å². The van der Waals surface area contributed by atoms with Gasteiger partial charge in [-0.05, 0) is 49.4 Å². The Hall–Kier alpha value is -2.82. The Bertz CT molecular complexity index is 929. The molecule has 0 atom stereocenters. The minimum Gasteiger partial charge on any atom is -0.493 e. The van der Waals surface area contributed by atoms with E-state index in [1.165, 1.54) is 12.1 Å². The highest BCUT2D eigenvalue weighted by Gasteiger charge is 2.34. The van der Waals surface area contributed by atoms with E-state index in [1.807, 2.05) is 19.9 Å². The summed E-state index contributed by atoms with van der Waals surface area (Å²) in [6.07, 6.45) is 1.00. The van der Waals surface area contributed by atoms with Crippen molar-refractivity contribution in [2.75, 3.05) is 25.1 Å². The van der Waals surface area contributed by atoms with E-state index in [-0.39, 0.29) is 16.8 Å². The molecule has 0 bridgehead atoms. The van der Waals surface area contributed by atoms with E-state index in [1.54, 1.807) is 12.1 Å². The SMILES string of the molecule is CCOc1c(C(=O)c2ccc(C(=O)O)cc2)cc2c(c1C)N(C)CCC2(C)C. The van der Waals surface area contributed by atoms with Crippen LogP contribution >= 0.6 is 0 Å². The van der Waals surface area contributed by atoms with Gasteiger partial charge in [-0.1, -0.05) is 26.0 Å². The molecule has 0 spiro atoms. The number of rotatable bonds is 5. The molecule has 0 saturated carbocycles. The number of anilines is 1. The van der Waals surface area contributed by atoms with Crippen LogP contribution in [0.3, 0.4) is 0 Å². The predicted molar refractivity (Wildman–Crippen MR) is 110 cm³/mol. The molecule has 5 heteroatoms. The number of hydrogen-bond donors (Lipinski definition) is 1. The zero-order valence-electron chi connectivity index (χ0n) is 17.1. The summed E-state index contributed by atoms with van der Waals surface area (Å²) in [6.45, 7) is 9.73. The maximum Gasteiger partial charge on any atom is 0.335 e. The summed E-state index contributed by atoms with van der Waals surface area (Å²) in [6, 6.07) is 8.01. The molecule has 1 heterocycles. The topological polar surface area (TPSA) is 66.8 Å². The first kappa shape index (κ1) is 19.9. The number of nitrogens with zero attached hydrogens (tertiary/aromatic N) is 1. The smallest absolute Gasteiger partial charge is 0.335 e. The van der Waals surface area contributed by atoms with Crippen molar-refractivity contribution < 1.29 is 19.4 Å². The molecule has 0 radical (unpaired) electrons. The third-order valence-corrected chi connectivity index (χ3v) is 5.59. The zero-order valence-corrected chi connectivity index (χ0v) is 17.1. The summed E-state index contributed by atoms with van der Waals surface area (Å²) in [5, 5.41) is 9.09. The van der Waals surface area contributed by atoms with Crippen LogP contribution in [0.25, 0.3) is 0 Å². The molecule has 1 N–H and O–H groups in total. The van der Waals surface area contributed by atoms with E-state index in [0.29, 0.717) is 23.5 Å². The van der Waals surface area contributed by atoms with Crippen LogP contribution in [0.1, 0.15) is 64.6 Å². The highest BCUT2D eigenvalue weighted by molar-refractivity contribution is 6.12. The van der Waals surface area contributed by atoms with E-state index in [9.17, 15) is 9.59 Å². The highest BCUT2D eigenvalue weighted by atomic mass is 16.5. The minimum absolute atomic E-state index is 0.0421. The van der Waals surface area contributed by atoms with Crippen molar-refractivity contribution in [1.82, 2.24) is 0 Å². The molecule has 1 aliphatic heterocycles. The first-order chi connectivity index (χ1) is 13.2. The molecule has 0 fully saturated rings. The van der Waals surface area contributed by atoms with Crippen molar-refractivity contribution in [2.24, 2.45) is 0 Å². The molecular formula is C23H27NO4. The Morgan fingerprint density at radius 2 is 1.79 bits per heavy atom. The number of hydrogen-bond acceptors (Lipinski definition) is 4. The van der Waals surface area contributed by atoms with Crippen molar-refractivity contribution in [1.29, 1.82) is 0 Å². The van der Waals surface area contributed by atoms with Crippen LogP contribution < -0.4 is 9.64 Å². The number of aromatic carboxylic acids is 1. The fourth-order valence-corrected chi connectivity index (χ4v) is 3.91. The summed E-state index contributed by atoms with van der Waals surface area (Å²) >= 11 is 0. The standard InChI is InChI=1S/C23H27NO4/c1-6-28-21-14(2)19-18(23(3,4)11-12-24(19)5)13-17(21)20(25)15-7-9-16(10-8-15)22(26)27/h7-10,13H,6,11-12H2,1-5H3,(H,26,27). The number of carbonyl (C=O) groups is 2. The van der Waals surface area contributed by atoms with Gasteiger partial charge in [-0.2, -0.15) is 0 Å². The van der Waals surface area contributed by atoms with Gasteiger partial charge >= 0.3 is 5.97 Å². The Morgan fingerprint density at radius 1 is 1.18 bits per heavy atom. The summed E-state index contributed by atoms with van der Waals surface area (Å²) in [7, 11) is 2.07. The fraction of sp³-hybridized carbons (Fsp3) is 0.391. The Morgan fingerprint density at radius 3 is 2.36 bits per heavy atom. The number of carbonyl (C=O) groups excluding carboxylic acids is 1. The Kier molecular flexibility index (Phi) is 5.20. The van der Waals surface area contributed by atoms with E-state index in [4.69, 9.17) is 9.84 Å². The summed E-state index contributed by atoms with van der Waals surface area (Å²) in [5.74, 6) is -0.558. The number of carboxylic acid groups (broad SMARTS) is 1. The van der Waals surface area contributed by atoms with Gasteiger partial charge in [0.15, 0.2) is 5.78 Å². The molecule has 148 valence electrons. The van der Waals surface area contributed by atoms with Crippen molar-refractivity contribution in [2.45, 2.75) is 39.5 Å². The Balaban J connectivity index is 2.18. The first-order valence-corrected chi connectivity index (χ1v) is 9.57. The number of benzene rings is 2. The molecule has 0 unspecified atom stereocenters. The van der Waals surface area contributed by atoms with E-state index < -0.39 is 5.97 Å². The van der Waals surface area contributed by atoms with E-state index in [0.717, 1.165) is 29.8 Å². The normalized spacial score (nSPS) is 15.1. The van der Waals surface area contributed by atoms with Crippen LogP contribution in [-0.2, 0) is 5.41 Å². The average molecular weight is 381 g/mol. The maximum absolute atomic E-state index is 13.3. The largest absolute Gasteiger partial charge is 0.493 e. The van der Waals surface area contributed by atoms with Crippen molar-refractivity contribution in [3.8, 4) is 5.75 Å². The van der Waals surface area contributed by atoms with Gasteiger partial charge in [-0.25, -0.2) is 4.79 Å². The monoisotopic (exact) mass is 381 g/mol. The van der Waals surface area contributed by atoms with E-state index in [2.05, 4.69) is 25.8 Å². The third-order valence-electron chi connectivity index (χ3n) is 5.59. The quantitative estimate of drug-likeness (QED) is 0.776. The number of ether oxygens (including phenoxy) is 1. The van der Waals surface area contributed by atoms with Gasteiger partial charge in [-0.3, -0.25) is 4.79 Å². The summed E-state index contributed by atoms with van der Waals surface area (Å²) in [4.78, 5) is 26.6. The van der Waals surface area contributed by atoms with Gasteiger partial charge in [0.1, 0.15) is 5.75 Å². The second kappa shape index (κ2) is 7.30. The van der Waals surface area contributed by atoms with Crippen molar-refractivity contribution in [3.63, 3.8) is 0 Å². The molecule has 0 aliphatic carbocycles. The second-order valence-electron chi connectivity index (χ2n) is 7.97. The molecule has 2 aromatic carbocycles. The molecule has 5 nitrogen and oxygen atoms in total. The van der Waals surface area contributed by atoms with Gasteiger partial charge in [-0.15, -0.1) is 0 Å². The molecule has 28 heavy (non-hydrogen) atoms. The Labute approximate surface area is 165 Å². The lowest BCUT2D eigenvalue weighted by Gasteiger charge is -2.40. The molecule has 0 saturated heterocycles. The van der Waals surface area contributed by atoms with Crippen LogP contribution in [0.4, 0.5) is 5.69 Å². The van der Waals surface area contributed by atoms with Crippen LogP contribution in [0.5, 0.6) is 5.75 Å². The predicted octanol–water partition coefficient (Wildman–Crippen LogP) is 4.44. The first-order valence-electron chi connectivity index (χ1n) is 9.57. The lowest BCUT2D eigenvalue weighted by atomic mass is 9.75. The van der Waals surface area contributed by atoms with Crippen molar-refractivity contribution >= 4 is 17.4 Å². The summed E-state index contributed by atoms with van der Waals surface area (Å²) in [5.41, 5.74) is 4.35. The summed E-state index contributed by atoms with van der Waals surface area (Å²) < 4.78 is 5.91. The molecule has 3 rings (SSSR count). The molecule has 0 amide bonds. The van der Waals surface area contributed by atoms with Crippen LogP contribution in [-0.4, -0.2) is 37.1 Å². The zero-order chi connectivity index (χ0) is 20.6. The van der Waals surface area contributed by atoms with Gasteiger partial charge in [0.05, 0.1) is 17.7 Å². The van der Waals surface area contributed by atoms with Crippen molar-refractivity contribution in [3.05, 3.63) is 58.1 Å². The highest BCUT2D eigenvalue weighted by Crippen LogP contribution is 2.45. The average Bonchev–Trinajstić information content (AvgIpc) is 2.66. The lowest BCUT2D eigenvalue weighted by Crippen LogP contribution is -2.36. The van der Waals surface area contributed by atoms with Crippen LogP contribution in [0, 0.1) is 6.92 Å². The van der Waals surface area contributed by atoms with E-state index >= 15 is 0 Å². The van der Waals surface area contributed by atoms with Gasteiger partial charge in [0, 0.05) is 30.4 Å². The van der Waals surface area contributed by atoms with Gasteiger partial charge in [0.2, 0.25) is 0 Å². The number of ketones is 1. The number of fused-ring (bicyclic) bond motifs is 1. The lowest BCUT2D eigenvalue weighted by molar-refractivity contribution is 0.0696. The molecule has 2 aromatic rings. The molecular weight excluding hydrogens is 354 g/mol. The minimum atomic E-state index is -1.01. The van der Waals surface area contributed by atoms with Gasteiger partial charge in [0.25, 0.3) is 0 Å². The second-order valence-corrected chi connectivity index (χ2v) is 7.97. The fourth-order valence-electron chi connectivity index (χ4n) is 3.91. The van der Waals surface area contributed by atoms with Gasteiger partial charge < -0.3 is 14.7 Å². The molecule has 0 aromatic heterocycles. The third kappa shape index (κ3) is 3.37.